The van der Waals surface area contributed by atoms with Crippen LogP contribution in [0.5, 0.6) is 5.75 Å². The number of para-hydroxylation sites is 1. The topological polar surface area (TPSA) is 93.7 Å². The monoisotopic (exact) mass is 401 g/mol. The lowest BCUT2D eigenvalue weighted by molar-refractivity contribution is 0.0974. The Morgan fingerprint density at radius 3 is 2.62 bits per heavy atom. The number of carbonyl (C=O) groups excluding carboxylic acids is 1. The summed E-state index contributed by atoms with van der Waals surface area (Å²) in [6, 6.07) is 18.8. The Balaban J connectivity index is 1.58. The first kappa shape index (κ1) is 18.5. The summed E-state index contributed by atoms with van der Waals surface area (Å²) in [6.07, 6.45) is 1.53. The highest BCUT2D eigenvalue weighted by atomic mass is 32.1. The van der Waals surface area contributed by atoms with Gasteiger partial charge in [0.05, 0.1) is 30.8 Å². The average Bonchev–Trinajstić information content (AvgIpc) is 3.45. The van der Waals surface area contributed by atoms with E-state index in [1.54, 1.807) is 7.11 Å². The Labute approximate surface area is 170 Å². The highest BCUT2D eigenvalue weighted by Gasteiger charge is 2.27. The van der Waals surface area contributed by atoms with E-state index in [0.29, 0.717) is 10.7 Å². The number of nitrogens with zero attached hydrogens (tertiary/aromatic N) is 5. The molecule has 0 amide bonds. The third-order valence-electron chi connectivity index (χ3n) is 4.31. The summed E-state index contributed by atoms with van der Waals surface area (Å²) in [5.74, 6) is -0.714. The van der Waals surface area contributed by atoms with Crippen LogP contribution in [0.3, 0.4) is 0 Å². The number of carbonyl (C=O) groups is 1. The van der Waals surface area contributed by atoms with E-state index in [0.717, 1.165) is 17.0 Å². The predicted octanol–water partition coefficient (Wildman–Crippen LogP) is 3.89. The molecule has 0 N–H and O–H groups in total. The summed E-state index contributed by atoms with van der Waals surface area (Å²) < 4.78 is 6.67. The Hall–Kier alpha value is -3.83. The SMILES string of the molecule is COc1ccc(-c2csc(C(C#N)C(=O)c3cn(-c4ccccc4)nn3)n2)cc1. The second kappa shape index (κ2) is 8.04. The van der Waals surface area contributed by atoms with Crippen molar-refractivity contribution in [3.8, 4) is 28.8 Å². The minimum atomic E-state index is -1.03. The smallest absolute Gasteiger partial charge is 0.208 e. The van der Waals surface area contributed by atoms with Crippen LogP contribution in [0.2, 0.25) is 0 Å². The average molecular weight is 401 g/mol. The number of methoxy groups -OCH3 is 1. The zero-order valence-corrected chi connectivity index (χ0v) is 16.2. The fourth-order valence-electron chi connectivity index (χ4n) is 2.77. The number of ether oxygens (including phenoxy) is 1. The number of Topliss-reactive ketones (excluding diaryl/α,β-unsaturated/α-hetero) is 1. The van der Waals surface area contributed by atoms with Crippen molar-refractivity contribution in [3.05, 3.63) is 76.9 Å². The van der Waals surface area contributed by atoms with Gasteiger partial charge in [0, 0.05) is 10.9 Å². The molecular formula is C21H15N5O2S. The van der Waals surface area contributed by atoms with Gasteiger partial charge < -0.3 is 4.74 Å². The first-order valence-electron chi connectivity index (χ1n) is 8.71. The van der Waals surface area contributed by atoms with Crippen molar-refractivity contribution >= 4 is 17.1 Å². The maximum absolute atomic E-state index is 12.9. The van der Waals surface area contributed by atoms with E-state index in [9.17, 15) is 10.1 Å². The van der Waals surface area contributed by atoms with Crippen LogP contribution in [-0.4, -0.2) is 32.9 Å². The van der Waals surface area contributed by atoms with E-state index in [1.165, 1.54) is 22.2 Å². The summed E-state index contributed by atoms with van der Waals surface area (Å²) in [7, 11) is 1.60. The highest BCUT2D eigenvalue weighted by Crippen LogP contribution is 2.29. The predicted molar refractivity (Wildman–Crippen MR) is 108 cm³/mol. The summed E-state index contributed by atoms with van der Waals surface area (Å²) in [4.78, 5) is 17.4. The van der Waals surface area contributed by atoms with Crippen molar-refractivity contribution in [1.82, 2.24) is 20.0 Å². The molecule has 29 heavy (non-hydrogen) atoms. The number of ketones is 1. The second-order valence-electron chi connectivity index (χ2n) is 6.11. The lowest BCUT2D eigenvalue weighted by atomic mass is 10.0. The molecule has 4 aromatic rings. The Kier molecular flexibility index (Phi) is 5.14. The van der Waals surface area contributed by atoms with Crippen molar-refractivity contribution < 1.29 is 9.53 Å². The zero-order valence-electron chi connectivity index (χ0n) is 15.4. The minimum Gasteiger partial charge on any atom is -0.497 e. The maximum atomic E-state index is 12.9. The van der Waals surface area contributed by atoms with Crippen molar-refractivity contribution in [2.45, 2.75) is 5.92 Å². The Morgan fingerprint density at radius 1 is 1.17 bits per heavy atom. The Morgan fingerprint density at radius 2 is 1.93 bits per heavy atom. The molecule has 1 atom stereocenters. The normalized spacial score (nSPS) is 11.6. The molecule has 0 aliphatic carbocycles. The molecule has 2 heterocycles. The van der Waals surface area contributed by atoms with Gasteiger partial charge in [0.15, 0.2) is 11.6 Å². The van der Waals surface area contributed by atoms with Crippen LogP contribution in [0, 0.1) is 11.3 Å². The van der Waals surface area contributed by atoms with E-state index < -0.39 is 11.7 Å². The van der Waals surface area contributed by atoms with Gasteiger partial charge in [-0.1, -0.05) is 23.4 Å². The molecule has 7 nitrogen and oxygen atoms in total. The molecule has 0 saturated heterocycles. The number of rotatable bonds is 6. The van der Waals surface area contributed by atoms with Crippen LogP contribution in [0.1, 0.15) is 21.4 Å². The van der Waals surface area contributed by atoms with Gasteiger partial charge in [-0.2, -0.15) is 5.26 Å². The van der Waals surface area contributed by atoms with Gasteiger partial charge >= 0.3 is 0 Å². The molecule has 0 aliphatic rings. The molecule has 0 aliphatic heterocycles. The molecule has 1 unspecified atom stereocenters. The lowest BCUT2D eigenvalue weighted by Gasteiger charge is -2.02. The quantitative estimate of drug-likeness (QED) is 0.455. The summed E-state index contributed by atoms with van der Waals surface area (Å²) in [5, 5.41) is 19.8. The van der Waals surface area contributed by atoms with Gasteiger partial charge in [-0.05, 0) is 36.4 Å². The van der Waals surface area contributed by atoms with E-state index in [2.05, 4.69) is 21.4 Å². The second-order valence-corrected chi connectivity index (χ2v) is 7.00. The summed E-state index contributed by atoms with van der Waals surface area (Å²) in [6.45, 7) is 0. The molecule has 142 valence electrons. The molecule has 0 saturated carbocycles. The number of benzene rings is 2. The van der Waals surface area contributed by atoms with Gasteiger partial charge in [0.2, 0.25) is 5.78 Å². The van der Waals surface area contributed by atoms with E-state index >= 15 is 0 Å². The van der Waals surface area contributed by atoms with E-state index in [-0.39, 0.29) is 5.69 Å². The number of thiazole rings is 1. The standard InChI is InChI=1S/C21H15N5O2S/c1-28-16-9-7-14(8-10-16)19-13-29-21(23-19)17(11-22)20(27)18-12-26(25-24-18)15-5-3-2-4-6-15/h2-10,12-13,17H,1H3. The molecule has 2 aromatic carbocycles. The van der Waals surface area contributed by atoms with Crippen molar-refractivity contribution in [1.29, 1.82) is 5.26 Å². The first-order valence-corrected chi connectivity index (χ1v) is 9.59. The molecule has 0 radical (unpaired) electrons. The van der Waals surface area contributed by atoms with Gasteiger partial charge in [-0.25, -0.2) is 9.67 Å². The van der Waals surface area contributed by atoms with Crippen LogP contribution >= 0.6 is 11.3 Å². The van der Waals surface area contributed by atoms with Crippen molar-refractivity contribution in [3.63, 3.8) is 0 Å². The number of hydrogen-bond acceptors (Lipinski definition) is 7. The number of nitriles is 1. The first-order chi connectivity index (χ1) is 14.2. The maximum Gasteiger partial charge on any atom is 0.208 e. The fraction of sp³-hybridized carbons (Fsp3) is 0.0952. The number of aromatic nitrogens is 4. The molecule has 0 bridgehead atoms. The molecule has 0 spiro atoms. The van der Waals surface area contributed by atoms with E-state index in [1.807, 2.05) is 60.0 Å². The van der Waals surface area contributed by atoms with Gasteiger partial charge in [0.25, 0.3) is 0 Å². The van der Waals surface area contributed by atoms with Gasteiger partial charge in [0.1, 0.15) is 10.8 Å². The zero-order chi connectivity index (χ0) is 20.2. The van der Waals surface area contributed by atoms with Gasteiger partial charge in [-0.15, -0.1) is 16.4 Å². The Bertz CT molecular complexity index is 1180. The van der Waals surface area contributed by atoms with Crippen LogP contribution in [0.25, 0.3) is 16.9 Å². The summed E-state index contributed by atoms with van der Waals surface area (Å²) >= 11 is 1.27. The largest absolute Gasteiger partial charge is 0.497 e. The van der Waals surface area contributed by atoms with E-state index in [4.69, 9.17) is 4.74 Å². The van der Waals surface area contributed by atoms with Crippen LogP contribution in [0.4, 0.5) is 0 Å². The third kappa shape index (κ3) is 3.77. The fourth-order valence-corrected chi connectivity index (χ4v) is 3.64. The van der Waals surface area contributed by atoms with Gasteiger partial charge in [-0.3, -0.25) is 4.79 Å². The molecular weight excluding hydrogens is 386 g/mol. The third-order valence-corrected chi connectivity index (χ3v) is 5.22. The van der Waals surface area contributed by atoms with Crippen LogP contribution < -0.4 is 4.74 Å². The molecule has 4 rings (SSSR count). The lowest BCUT2D eigenvalue weighted by Crippen LogP contribution is -2.11. The van der Waals surface area contributed by atoms with Crippen LogP contribution in [0.15, 0.2) is 66.2 Å². The van der Waals surface area contributed by atoms with Crippen LogP contribution in [-0.2, 0) is 0 Å². The highest BCUT2D eigenvalue weighted by molar-refractivity contribution is 7.10. The molecule has 0 fully saturated rings. The summed E-state index contributed by atoms with van der Waals surface area (Å²) in [5.41, 5.74) is 2.49. The van der Waals surface area contributed by atoms with Crippen molar-refractivity contribution in [2.75, 3.05) is 7.11 Å². The van der Waals surface area contributed by atoms with Crippen molar-refractivity contribution in [2.24, 2.45) is 0 Å². The molecule has 2 aromatic heterocycles. The minimum absolute atomic E-state index is 0.126. The molecule has 8 heteroatoms. The number of hydrogen-bond donors (Lipinski definition) is 0.